The molecule has 1 amide bonds. The molecule has 6 heteroatoms. The number of carbonyl (C=O) groups excluding carboxylic acids is 1. The van der Waals surface area contributed by atoms with E-state index in [4.69, 9.17) is 0 Å². The first kappa shape index (κ1) is 13.7. The molecule has 0 fully saturated rings. The molecule has 2 aromatic heterocycles. The van der Waals surface area contributed by atoms with Crippen molar-refractivity contribution in [3.63, 3.8) is 0 Å². The van der Waals surface area contributed by atoms with Crippen LogP contribution in [-0.4, -0.2) is 16.1 Å². The van der Waals surface area contributed by atoms with Gasteiger partial charge in [-0.2, -0.15) is 5.10 Å². The van der Waals surface area contributed by atoms with Gasteiger partial charge >= 0.3 is 0 Å². The van der Waals surface area contributed by atoms with Crippen LogP contribution >= 0.6 is 27.3 Å². The van der Waals surface area contributed by atoms with E-state index >= 15 is 0 Å². The summed E-state index contributed by atoms with van der Waals surface area (Å²) in [5.74, 6) is -0.0555. The van der Waals surface area contributed by atoms with E-state index in [1.807, 2.05) is 47.5 Å². The van der Waals surface area contributed by atoms with E-state index in [0.29, 0.717) is 5.69 Å². The van der Waals surface area contributed by atoms with Crippen LogP contribution in [0.1, 0.15) is 32.7 Å². The van der Waals surface area contributed by atoms with Crippen molar-refractivity contribution in [2.45, 2.75) is 13.0 Å². The second-order valence-corrected chi connectivity index (χ2v) is 7.08. The SMILES string of the molecule is Cc1[nH]nc2c1[C@H](c1cccs1)N(c1ccc(Br)cc1)C2=O. The number of anilines is 1. The van der Waals surface area contributed by atoms with Crippen molar-refractivity contribution in [2.75, 3.05) is 4.90 Å². The minimum atomic E-state index is -0.109. The molecule has 1 aliphatic rings. The van der Waals surface area contributed by atoms with E-state index in [-0.39, 0.29) is 11.9 Å². The minimum Gasteiger partial charge on any atom is -0.294 e. The van der Waals surface area contributed by atoms with Crippen LogP contribution in [0, 0.1) is 6.92 Å². The molecule has 0 unspecified atom stereocenters. The number of H-pyrrole nitrogens is 1. The smallest absolute Gasteiger partial charge is 0.280 e. The average Bonchev–Trinajstić information content (AvgIpc) is 3.20. The monoisotopic (exact) mass is 373 g/mol. The van der Waals surface area contributed by atoms with Gasteiger partial charge in [0, 0.05) is 26.3 Å². The highest BCUT2D eigenvalue weighted by Crippen LogP contribution is 2.43. The number of nitrogens with one attached hydrogen (secondary N) is 1. The lowest BCUT2D eigenvalue weighted by molar-refractivity contribution is 0.0989. The zero-order valence-corrected chi connectivity index (χ0v) is 14.1. The quantitative estimate of drug-likeness (QED) is 0.728. The number of aromatic amines is 1. The Morgan fingerprint density at radius 3 is 2.73 bits per heavy atom. The Kier molecular flexibility index (Phi) is 3.16. The van der Waals surface area contributed by atoms with Crippen LogP contribution in [0.2, 0.25) is 0 Å². The van der Waals surface area contributed by atoms with E-state index < -0.39 is 0 Å². The molecule has 1 atom stereocenters. The van der Waals surface area contributed by atoms with Gasteiger partial charge in [0.1, 0.15) is 6.04 Å². The highest BCUT2D eigenvalue weighted by atomic mass is 79.9. The molecule has 0 aliphatic carbocycles. The molecule has 0 saturated heterocycles. The van der Waals surface area contributed by atoms with Crippen molar-refractivity contribution in [1.82, 2.24) is 10.2 Å². The number of hydrogen-bond donors (Lipinski definition) is 1. The standard InChI is InChI=1S/C16H12BrN3OS/c1-9-13-14(19-18-9)16(21)20(11-6-4-10(17)5-7-11)15(13)12-3-2-8-22-12/h2-8,15H,1H3,(H,18,19)/t15-/m0/s1. The summed E-state index contributed by atoms with van der Waals surface area (Å²) in [4.78, 5) is 15.8. The molecule has 4 rings (SSSR count). The van der Waals surface area contributed by atoms with Crippen LogP contribution in [0.25, 0.3) is 0 Å². The summed E-state index contributed by atoms with van der Waals surface area (Å²) < 4.78 is 0.991. The number of halogens is 1. The van der Waals surface area contributed by atoms with Crippen LogP contribution in [0.5, 0.6) is 0 Å². The maximum Gasteiger partial charge on any atom is 0.280 e. The minimum absolute atomic E-state index is 0.0555. The topological polar surface area (TPSA) is 49.0 Å². The van der Waals surface area contributed by atoms with Crippen LogP contribution in [-0.2, 0) is 0 Å². The molecule has 4 nitrogen and oxygen atoms in total. The van der Waals surface area contributed by atoms with Gasteiger partial charge in [0.05, 0.1) is 0 Å². The first-order valence-electron chi connectivity index (χ1n) is 6.84. The Balaban J connectivity index is 1.90. The molecular formula is C16H12BrN3OS. The summed E-state index contributed by atoms with van der Waals surface area (Å²) in [5, 5.41) is 9.19. The highest BCUT2D eigenvalue weighted by Gasteiger charge is 2.42. The summed E-state index contributed by atoms with van der Waals surface area (Å²) in [6.45, 7) is 1.96. The number of carbonyl (C=O) groups is 1. The number of amides is 1. The van der Waals surface area contributed by atoms with E-state index in [1.54, 1.807) is 11.3 Å². The molecule has 0 radical (unpaired) electrons. The van der Waals surface area contributed by atoms with Crippen molar-refractivity contribution in [2.24, 2.45) is 0 Å². The largest absolute Gasteiger partial charge is 0.294 e. The number of aromatic nitrogens is 2. The fourth-order valence-electron chi connectivity index (χ4n) is 2.88. The predicted octanol–water partition coefficient (Wildman–Crippen LogP) is 4.29. The first-order valence-corrected chi connectivity index (χ1v) is 8.51. The molecule has 22 heavy (non-hydrogen) atoms. The summed E-state index contributed by atoms with van der Waals surface area (Å²) in [6, 6.07) is 11.8. The van der Waals surface area contributed by atoms with Crippen molar-refractivity contribution >= 4 is 38.9 Å². The molecule has 0 bridgehead atoms. The van der Waals surface area contributed by atoms with Crippen LogP contribution in [0.3, 0.4) is 0 Å². The maximum atomic E-state index is 12.8. The van der Waals surface area contributed by atoms with Crippen LogP contribution in [0.15, 0.2) is 46.3 Å². The molecule has 3 heterocycles. The van der Waals surface area contributed by atoms with Crippen LogP contribution < -0.4 is 4.90 Å². The Hall–Kier alpha value is -1.92. The molecule has 110 valence electrons. The fourth-order valence-corrected chi connectivity index (χ4v) is 3.97. The van der Waals surface area contributed by atoms with Gasteiger partial charge in [0.25, 0.3) is 5.91 Å². The zero-order chi connectivity index (χ0) is 15.3. The summed E-state index contributed by atoms with van der Waals surface area (Å²) >= 11 is 5.09. The Labute approximate surface area is 139 Å². The number of thiophene rings is 1. The van der Waals surface area contributed by atoms with Gasteiger partial charge in [-0.3, -0.25) is 14.8 Å². The lowest BCUT2D eigenvalue weighted by Crippen LogP contribution is -2.28. The number of nitrogens with zero attached hydrogens (tertiary/aromatic N) is 2. The fraction of sp³-hybridized carbons (Fsp3) is 0.125. The summed E-state index contributed by atoms with van der Waals surface area (Å²) in [6.07, 6.45) is 0. The van der Waals surface area contributed by atoms with Gasteiger partial charge in [-0.1, -0.05) is 22.0 Å². The molecule has 1 aromatic carbocycles. The van der Waals surface area contributed by atoms with E-state index in [9.17, 15) is 4.79 Å². The van der Waals surface area contributed by atoms with Gasteiger partial charge in [-0.15, -0.1) is 11.3 Å². The van der Waals surface area contributed by atoms with Crippen molar-refractivity contribution < 1.29 is 4.79 Å². The molecule has 1 N–H and O–H groups in total. The van der Waals surface area contributed by atoms with Crippen molar-refractivity contribution in [1.29, 1.82) is 0 Å². The van der Waals surface area contributed by atoms with Gasteiger partial charge in [0.15, 0.2) is 5.69 Å². The molecule has 1 aliphatic heterocycles. The van der Waals surface area contributed by atoms with Gasteiger partial charge in [-0.25, -0.2) is 0 Å². The van der Waals surface area contributed by atoms with Crippen molar-refractivity contribution in [3.05, 3.63) is 68.1 Å². The third kappa shape index (κ3) is 1.94. The molecular weight excluding hydrogens is 362 g/mol. The molecule has 0 spiro atoms. The lowest BCUT2D eigenvalue weighted by Gasteiger charge is -2.25. The number of benzene rings is 1. The number of hydrogen-bond acceptors (Lipinski definition) is 3. The zero-order valence-electron chi connectivity index (χ0n) is 11.7. The molecule has 3 aromatic rings. The Morgan fingerprint density at radius 2 is 2.05 bits per heavy atom. The summed E-state index contributed by atoms with van der Waals surface area (Å²) in [5.41, 5.74) is 3.33. The van der Waals surface area contributed by atoms with Gasteiger partial charge in [-0.05, 0) is 42.6 Å². The third-order valence-corrected chi connectivity index (χ3v) is 5.32. The normalized spacial score (nSPS) is 17.1. The summed E-state index contributed by atoms with van der Waals surface area (Å²) in [7, 11) is 0. The number of aryl methyl sites for hydroxylation is 1. The van der Waals surface area contributed by atoms with E-state index in [0.717, 1.165) is 26.3 Å². The van der Waals surface area contributed by atoms with Gasteiger partial charge in [0.2, 0.25) is 0 Å². The van der Waals surface area contributed by atoms with E-state index in [2.05, 4.69) is 32.2 Å². The lowest BCUT2D eigenvalue weighted by atomic mass is 10.1. The van der Waals surface area contributed by atoms with Crippen LogP contribution in [0.4, 0.5) is 5.69 Å². The second kappa shape index (κ2) is 5.07. The average molecular weight is 374 g/mol. The maximum absolute atomic E-state index is 12.8. The number of rotatable bonds is 2. The Bertz CT molecular complexity index is 839. The van der Waals surface area contributed by atoms with Crippen molar-refractivity contribution in [3.8, 4) is 0 Å². The second-order valence-electron chi connectivity index (χ2n) is 5.18. The predicted molar refractivity (Wildman–Crippen MR) is 90.4 cm³/mol. The molecule has 0 saturated carbocycles. The number of fused-ring (bicyclic) bond motifs is 1. The third-order valence-electron chi connectivity index (χ3n) is 3.87. The highest BCUT2D eigenvalue weighted by molar-refractivity contribution is 9.10. The Morgan fingerprint density at radius 1 is 1.27 bits per heavy atom. The first-order chi connectivity index (χ1) is 10.7. The van der Waals surface area contributed by atoms with E-state index in [1.165, 1.54) is 0 Å². The van der Waals surface area contributed by atoms with Gasteiger partial charge < -0.3 is 0 Å².